The summed E-state index contributed by atoms with van der Waals surface area (Å²) in [6, 6.07) is 12.2. The number of fused-ring (bicyclic) bond motifs is 1. The summed E-state index contributed by atoms with van der Waals surface area (Å²) < 4.78 is 5.26. The Kier molecular flexibility index (Phi) is 4.59. The van der Waals surface area contributed by atoms with Gasteiger partial charge in [0, 0.05) is 29.4 Å². The van der Waals surface area contributed by atoms with Crippen LogP contribution in [0.25, 0.3) is 22.2 Å². The van der Waals surface area contributed by atoms with Crippen LogP contribution in [-0.4, -0.2) is 29.1 Å². The smallest absolute Gasteiger partial charge is 0.121 e. The van der Waals surface area contributed by atoms with E-state index in [1.807, 2.05) is 48.4 Å². The maximum Gasteiger partial charge on any atom is 0.121 e. The molecule has 0 fully saturated rings. The van der Waals surface area contributed by atoms with Crippen molar-refractivity contribution in [3.8, 4) is 17.0 Å². The van der Waals surface area contributed by atoms with Crippen molar-refractivity contribution in [3.05, 3.63) is 54.4 Å². The Bertz CT molecular complexity index is 772. The lowest BCUT2D eigenvalue weighted by Crippen LogP contribution is -1.92. The van der Waals surface area contributed by atoms with Crippen LogP contribution < -0.4 is 4.74 Å². The van der Waals surface area contributed by atoms with Crippen LogP contribution in [0, 0.1) is 0 Å². The molecule has 3 aromatic rings. The van der Waals surface area contributed by atoms with Gasteiger partial charge in [0.25, 0.3) is 0 Å². The second kappa shape index (κ2) is 6.79. The van der Waals surface area contributed by atoms with E-state index in [2.05, 4.69) is 28.4 Å². The van der Waals surface area contributed by atoms with Crippen molar-refractivity contribution in [3.63, 3.8) is 0 Å². The van der Waals surface area contributed by atoms with Gasteiger partial charge in [0.2, 0.25) is 0 Å². The van der Waals surface area contributed by atoms with Crippen LogP contribution in [0.4, 0.5) is 0 Å². The monoisotopic (exact) mass is 310 g/mol. The fraction of sp³-hybridized carbons (Fsp3) is 0.222. The van der Waals surface area contributed by atoms with Gasteiger partial charge in [-0.1, -0.05) is 6.07 Å². The fourth-order valence-electron chi connectivity index (χ4n) is 2.43. The van der Waals surface area contributed by atoms with E-state index in [9.17, 15) is 0 Å². The predicted octanol–water partition coefficient (Wildman–Crippen LogP) is 4.21. The molecule has 0 aliphatic rings. The third kappa shape index (κ3) is 3.07. The number of aromatic nitrogens is 2. The Morgan fingerprint density at radius 2 is 2.00 bits per heavy atom. The maximum absolute atomic E-state index is 5.26. The molecule has 0 saturated carbocycles. The highest BCUT2D eigenvalue weighted by Crippen LogP contribution is 2.28. The topological polar surface area (TPSA) is 35.0 Å². The molecule has 0 N–H and O–H groups in total. The lowest BCUT2D eigenvalue weighted by molar-refractivity contribution is 0.415. The van der Waals surface area contributed by atoms with Gasteiger partial charge in [-0.25, -0.2) is 0 Å². The molecular formula is C18H18N2OS. The summed E-state index contributed by atoms with van der Waals surface area (Å²) in [4.78, 5) is 9.05. The lowest BCUT2D eigenvalue weighted by Gasteiger charge is -2.08. The molecule has 0 atom stereocenters. The number of aryl methyl sites for hydroxylation is 1. The average molecular weight is 310 g/mol. The molecule has 0 bridgehead atoms. The molecule has 112 valence electrons. The van der Waals surface area contributed by atoms with Crippen LogP contribution in [0.3, 0.4) is 0 Å². The molecule has 0 amide bonds. The molecule has 0 aliphatic heterocycles. The highest BCUT2D eigenvalue weighted by atomic mass is 32.2. The molecule has 1 aromatic carbocycles. The summed E-state index contributed by atoms with van der Waals surface area (Å²) in [7, 11) is 1.67. The summed E-state index contributed by atoms with van der Waals surface area (Å²) in [5, 5.41) is 1.09. The second-order valence-corrected chi connectivity index (χ2v) is 6.02. The van der Waals surface area contributed by atoms with E-state index >= 15 is 0 Å². The SMILES string of the molecule is COc1ccc2c(-c3ccc(CCSC)cn3)ccnc2c1. The number of rotatable bonds is 5. The predicted molar refractivity (Wildman–Crippen MR) is 93.6 cm³/mol. The summed E-state index contributed by atoms with van der Waals surface area (Å²) in [5.74, 6) is 1.94. The van der Waals surface area contributed by atoms with Gasteiger partial charge in [-0.3, -0.25) is 9.97 Å². The van der Waals surface area contributed by atoms with Crippen molar-refractivity contribution in [1.82, 2.24) is 9.97 Å². The molecular weight excluding hydrogens is 292 g/mol. The number of nitrogens with zero attached hydrogens (tertiary/aromatic N) is 2. The molecule has 22 heavy (non-hydrogen) atoms. The summed E-state index contributed by atoms with van der Waals surface area (Å²) in [5.41, 5.74) is 4.28. The first-order valence-electron chi connectivity index (χ1n) is 7.19. The molecule has 4 heteroatoms. The molecule has 2 aromatic heterocycles. The Morgan fingerprint density at radius 1 is 1.09 bits per heavy atom. The van der Waals surface area contributed by atoms with Crippen LogP contribution in [-0.2, 0) is 6.42 Å². The van der Waals surface area contributed by atoms with Crippen molar-refractivity contribution >= 4 is 22.7 Å². The quantitative estimate of drug-likeness (QED) is 0.707. The van der Waals surface area contributed by atoms with Crippen LogP contribution in [0.5, 0.6) is 5.75 Å². The third-order valence-corrected chi connectivity index (χ3v) is 4.26. The minimum atomic E-state index is 0.817. The van der Waals surface area contributed by atoms with Crippen LogP contribution >= 0.6 is 11.8 Å². The largest absolute Gasteiger partial charge is 0.497 e. The van der Waals surface area contributed by atoms with Gasteiger partial charge in [0.15, 0.2) is 0 Å². The molecule has 2 heterocycles. The number of benzene rings is 1. The van der Waals surface area contributed by atoms with Gasteiger partial charge in [0.1, 0.15) is 5.75 Å². The highest BCUT2D eigenvalue weighted by molar-refractivity contribution is 7.98. The molecule has 3 nitrogen and oxygen atoms in total. The lowest BCUT2D eigenvalue weighted by atomic mass is 10.0. The summed E-state index contributed by atoms with van der Waals surface area (Å²) >= 11 is 1.85. The zero-order valence-corrected chi connectivity index (χ0v) is 13.6. The average Bonchev–Trinajstić information content (AvgIpc) is 2.59. The van der Waals surface area contributed by atoms with Gasteiger partial charge in [-0.15, -0.1) is 0 Å². The molecule has 0 spiro atoms. The number of hydrogen-bond acceptors (Lipinski definition) is 4. The van der Waals surface area contributed by atoms with Crippen LogP contribution in [0.15, 0.2) is 48.8 Å². The molecule has 0 radical (unpaired) electrons. The van der Waals surface area contributed by atoms with Crippen molar-refractivity contribution in [2.24, 2.45) is 0 Å². The Balaban J connectivity index is 1.99. The van der Waals surface area contributed by atoms with Gasteiger partial charge < -0.3 is 4.74 Å². The first-order chi connectivity index (χ1) is 10.8. The van der Waals surface area contributed by atoms with Crippen molar-refractivity contribution in [2.75, 3.05) is 19.1 Å². The van der Waals surface area contributed by atoms with E-state index in [-0.39, 0.29) is 0 Å². The van der Waals surface area contributed by atoms with Gasteiger partial charge in [-0.05, 0) is 48.3 Å². The molecule has 0 aliphatic carbocycles. The maximum atomic E-state index is 5.26. The second-order valence-electron chi connectivity index (χ2n) is 5.04. The van der Waals surface area contributed by atoms with E-state index in [4.69, 9.17) is 4.74 Å². The zero-order chi connectivity index (χ0) is 15.4. The normalized spacial score (nSPS) is 10.8. The third-order valence-electron chi connectivity index (χ3n) is 3.65. The Hall–Kier alpha value is -2.07. The number of thioether (sulfide) groups is 1. The van der Waals surface area contributed by atoms with E-state index in [1.54, 1.807) is 7.11 Å². The first-order valence-corrected chi connectivity index (χ1v) is 8.58. The van der Waals surface area contributed by atoms with Crippen molar-refractivity contribution in [1.29, 1.82) is 0 Å². The van der Waals surface area contributed by atoms with E-state index in [1.165, 1.54) is 5.56 Å². The van der Waals surface area contributed by atoms with Crippen molar-refractivity contribution in [2.45, 2.75) is 6.42 Å². The van der Waals surface area contributed by atoms with E-state index in [0.717, 1.165) is 40.1 Å². The minimum Gasteiger partial charge on any atom is -0.497 e. The summed E-state index contributed by atoms with van der Waals surface area (Å²) in [6.45, 7) is 0. The molecule has 3 rings (SSSR count). The number of pyridine rings is 2. The van der Waals surface area contributed by atoms with E-state index in [0.29, 0.717) is 0 Å². The molecule has 0 saturated heterocycles. The fourth-order valence-corrected chi connectivity index (χ4v) is 2.87. The van der Waals surface area contributed by atoms with Gasteiger partial charge in [0.05, 0.1) is 18.3 Å². The van der Waals surface area contributed by atoms with Crippen molar-refractivity contribution < 1.29 is 4.74 Å². The van der Waals surface area contributed by atoms with Gasteiger partial charge in [-0.2, -0.15) is 11.8 Å². The first kappa shape index (κ1) is 14.9. The standard InChI is InChI=1S/C18H18N2OS/c1-21-14-4-5-15-16(7-9-19-18(15)11-14)17-6-3-13(12-20-17)8-10-22-2/h3-7,9,11-12H,8,10H2,1-2H3. The number of ether oxygens (including phenoxy) is 1. The Morgan fingerprint density at radius 3 is 2.73 bits per heavy atom. The number of methoxy groups -OCH3 is 1. The minimum absolute atomic E-state index is 0.817. The van der Waals surface area contributed by atoms with Crippen LogP contribution in [0.1, 0.15) is 5.56 Å². The van der Waals surface area contributed by atoms with E-state index < -0.39 is 0 Å². The molecule has 0 unspecified atom stereocenters. The van der Waals surface area contributed by atoms with Gasteiger partial charge >= 0.3 is 0 Å². The highest BCUT2D eigenvalue weighted by Gasteiger charge is 2.07. The summed E-state index contributed by atoms with van der Waals surface area (Å²) in [6.07, 6.45) is 6.98. The Labute approximate surface area is 134 Å². The number of hydrogen-bond donors (Lipinski definition) is 0. The van der Waals surface area contributed by atoms with Crippen LogP contribution in [0.2, 0.25) is 0 Å². The zero-order valence-electron chi connectivity index (χ0n) is 12.7.